The summed E-state index contributed by atoms with van der Waals surface area (Å²) in [5, 5.41) is 3.79. The smallest absolute Gasteiger partial charge is 0.344 e. The number of carbonyl (C=O) groups excluding carboxylic acids is 2. The van der Waals surface area contributed by atoms with E-state index in [1.165, 1.54) is 6.92 Å². The number of benzene rings is 2. The average molecular weight is 382 g/mol. The molecule has 0 spiro atoms. The van der Waals surface area contributed by atoms with Gasteiger partial charge in [-0.1, -0.05) is 29.3 Å². The lowest BCUT2D eigenvalue weighted by Gasteiger charge is -2.15. The van der Waals surface area contributed by atoms with E-state index in [1.54, 1.807) is 49.4 Å². The van der Waals surface area contributed by atoms with Gasteiger partial charge in [0.1, 0.15) is 5.75 Å². The van der Waals surface area contributed by atoms with E-state index in [0.717, 1.165) is 5.56 Å². The number of ether oxygens (including phenoxy) is 2. The molecule has 0 saturated carbocycles. The highest BCUT2D eigenvalue weighted by Crippen LogP contribution is 2.23. The molecule has 2 rings (SSSR count). The molecule has 0 aliphatic heterocycles. The Bertz CT molecular complexity index is 762. The maximum atomic E-state index is 12.1. The highest BCUT2D eigenvalue weighted by atomic mass is 35.5. The zero-order chi connectivity index (χ0) is 18.4. The Morgan fingerprint density at radius 1 is 1.12 bits per heavy atom. The Kier molecular flexibility index (Phi) is 6.67. The molecule has 0 radical (unpaired) electrons. The molecule has 0 fully saturated rings. The minimum absolute atomic E-state index is 0.310. The van der Waals surface area contributed by atoms with E-state index in [4.69, 9.17) is 32.7 Å². The Morgan fingerprint density at radius 3 is 2.48 bits per heavy atom. The fourth-order valence-electron chi connectivity index (χ4n) is 1.94. The lowest BCUT2D eigenvalue weighted by Crippen LogP contribution is -2.31. The van der Waals surface area contributed by atoms with Crippen molar-refractivity contribution in [2.75, 3.05) is 11.9 Å². The van der Waals surface area contributed by atoms with Gasteiger partial charge in [0.2, 0.25) is 0 Å². The van der Waals surface area contributed by atoms with Crippen molar-refractivity contribution in [3.8, 4) is 5.75 Å². The molecule has 0 unspecified atom stereocenters. The van der Waals surface area contributed by atoms with Crippen molar-refractivity contribution in [3.05, 3.63) is 58.1 Å². The number of amides is 1. The van der Waals surface area contributed by atoms with Gasteiger partial charge in [0.25, 0.3) is 5.91 Å². The van der Waals surface area contributed by atoms with E-state index in [9.17, 15) is 9.59 Å². The monoisotopic (exact) mass is 381 g/mol. The van der Waals surface area contributed by atoms with Crippen LogP contribution >= 0.6 is 23.2 Å². The zero-order valence-corrected chi connectivity index (χ0v) is 15.2. The first-order valence-corrected chi connectivity index (χ1v) is 8.26. The summed E-state index contributed by atoms with van der Waals surface area (Å²) in [7, 11) is 0. The standard InChI is InChI=1S/C18H17Cl2NO4/c1-11-15(20)4-3-5-16(11)21-18(23)12(2)25-17(22)10-24-14-8-6-13(19)7-9-14/h3-9,12H,10H2,1-2H3,(H,21,23)/t12-/m1/s1. The highest BCUT2D eigenvalue weighted by molar-refractivity contribution is 6.31. The van der Waals surface area contributed by atoms with Crippen molar-refractivity contribution in [3.63, 3.8) is 0 Å². The van der Waals surface area contributed by atoms with Gasteiger partial charge in [0, 0.05) is 15.7 Å². The molecule has 0 aliphatic rings. The van der Waals surface area contributed by atoms with Gasteiger partial charge in [0.05, 0.1) is 0 Å². The largest absolute Gasteiger partial charge is 0.482 e. The van der Waals surface area contributed by atoms with Crippen molar-refractivity contribution < 1.29 is 19.1 Å². The predicted molar refractivity (Wildman–Crippen MR) is 97.3 cm³/mol. The second-order valence-electron chi connectivity index (χ2n) is 5.28. The van der Waals surface area contributed by atoms with Crippen molar-refractivity contribution in [2.45, 2.75) is 20.0 Å². The molecule has 25 heavy (non-hydrogen) atoms. The van der Waals surface area contributed by atoms with Crippen LogP contribution in [0, 0.1) is 6.92 Å². The van der Waals surface area contributed by atoms with Gasteiger partial charge in [-0.25, -0.2) is 4.79 Å². The second kappa shape index (κ2) is 8.74. The Morgan fingerprint density at radius 2 is 1.80 bits per heavy atom. The summed E-state index contributed by atoms with van der Waals surface area (Å²) in [5.41, 5.74) is 1.31. The molecule has 0 saturated heterocycles. The number of hydrogen-bond donors (Lipinski definition) is 1. The van der Waals surface area contributed by atoms with Crippen LogP contribution in [0.15, 0.2) is 42.5 Å². The first-order chi connectivity index (χ1) is 11.9. The molecule has 0 aromatic heterocycles. The summed E-state index contributed by atoms with van der Waals surface area (Å²) in [4.78, 5) is 23.9. The normalized spacial score (nSPS) is 11.5. The lowest BCUT2D eigenvalue weighted by atomic mass is 10.2. The summed E-state index contributed by atoms with van der Waals surface area (Å²) in [5.74, 6) is -0.626. The quantitative estimate of drug-likeness (QED) is 0.759. The molecule has 0 heterocycles. The first kappa shape index (κ1) is 19.1. The van der Waals surface area contributed by atoms with E-state index in [2.05, 4.69) is 5.32 Å². The minimum atomic E-state index is -0.973. The number of halogens is 2. The van der Waals surface area contributed by atoms with Gasteiger partial charge in [-0.05, 0) is 55.8 Å². The van der Waals surface area contributed by atoms with Crippen molar-refractivity contribution in [1.82, 2.24) is 0 Å². The van der Waals surface area contributed by atoms with Gasteiger partial charge in [-0.15, -0.1) is 0 Å². The summed E-state index contributed by atoms with van der Waals surface area (Å²) in [6.45, 7) is 2.96. The van der Waals surface area contributed by atoms with Crippen LogP contribution in [0.1, 0.15) is 12.5 Å². The minimum Gasteiger partial charge on any atom is -0.482 e. The van der Waals surface area contributed by atoms with Crippen LogP contribution in [-0.4, -0.2) is 24.6 Å². The molecule has 2 aromatic carbocycles. The molecule has 132 valence electrons. The van der Waals surface area contributed by atoms with Crippen molar-refractivity contribution in [1.29, 1.82) is 0 Å². The van der Waals surface area contributed by atoms with Crippen LogP contribution in [-0.2, 0) is 14.3 Å². The molecule has 1 N–H and O–H groups in total. The van der Waals surface area contributed by atoms with Gasteiger partial charge in [0.15, 0.2) is 12.7 Å². The molecule has 2 aromatic rings. The lowest BCUT2D eigenvalue weighted by molar-refractivity contribution is -0.155. The van der Waals surface area contributed by atoms with E-state index < -0.39 is 18.0 Å². The molecule has 7 heteroatoms. The average Bonchev–Trinajstić information content (AvgIpc) is 2.58. The Balaban J connectivity index is 1.84. The third kappa shape index (κ3) is 5.66. The molecule has 0 aliphatic carbocycles. The van der Waals surface area contributed by atoms with Crippen LogP contribution in [0.25, 0.3) is 0 Å². The van der Waals surface area contributed by atoms with Crippen LogP contribution in [0.2, 0.25) is 10.0 Å². The Hall–Kier alpha value is -2.24. The molecular formula is C18H17Cl2NO4. The number of rotatable bonds is 6. The topological polar surface area (TPSA) is 64.6 Å². The molecule has 5 nitrogen and oxygen atoms in total. The number of hydrogen-bond acceptors (Lipinski definition) is 4. The third-order valence-corrected chi connectivity index (χ3v) is 4.03. The fourth-order valence-corrected chi connectivity index (χ4v) is 2.24. The van der Waals surface area contributed by atoms with Gasteiger partial charge < -0.3 is 14.8 Å². The zero-order valence-electron chi connectivity index (χ0n) is 13.7. The number of anilines is 1. The summed E-state index contributed by atoms with van der Waals surface area (Å²) < 4.78 is 10.3. The SMILES string of the molecule is Cc1c(Cl)cccc1NC(=O)[C@@H](C)OC(=O)COc1ccc(Cl)cc1. The second-order valence-corrected chi connectivity index (χ2v) is 6.12. The first-order valence-electron chi connectivity index (χ1n) is 7.50. The van der Waals surface area contributed by atoms with Crippen LogP contribution in [0.3, 0.4) is 0 Å². The van der Waals surface area contributed by atoms with E-state index in [0.29, 0.717) is 21.5 Å². The predicted octanol–water partition coefficient (Wildman–Crippen LogP) is 4.25. The van der Waals surface area contributed by atoms with E-state index >= 15 is 0 Å². The highest BCUT2D eigenvalue weighted by Gasteiger charge is 2.19. The molecule has 1 amide bonds. The van der Waals surface area contributed by atoms with Crippen LogP contribution < -0.4 is 10.1 Å². The van der Waals surface area contributed by atoms with Gasteiger partial charge in [-0.2, -0.15) is 0 Å². The van der Waals surface area contributed by atoms with Crippen molar-refractivity contribution in [2.24, 2.45) is 0 Å². The fraction of sp³-hybridized carbons (Fsp3) is 0.222. The van der Waals surface area contributed by atoms with Crippen LogP contribution in [0.5, 0.6) is 5.75 Å². The molecule has 0 bridgehead atoms. The summed E-state index contributed by atoms with van der Waals surface area (Å²) >= 11 is 11.8. The maximum Gasteiger partial charge on any atom is 0.344 e. The number of esters is 1. The maximum absolute atomic E-state index is 12.1. The van der Waals surface area contributed by atoms with Crippen molar-refractivity contribution >= 4 is 40.8 Å². The van der Waals surface area contributed by atoms with E-state index in [1.807, 2.05) is 0 Å². The van der Waals surface area contributed by atoms with Gasteiger partial charge >= 0.3 is 5.97 Å². The van der Waals surface area contributed by atoms with E-state index in [-0.39, 0.29) is 6.61 Å². The number of nitrogens with one attached hydrogen (secondary N) is 1. The number of carbonyl (C=O) groups is 2. The molecular weight excluding hydrogens is 365 g/mol. The summed E-state index contributed by atoms with van der Waals surface area (Å²) in [6.07, 6.45) is -0.973. The summed E-state index contributed by atoms with van der Waals surface area (Å²) in [6, 6.07) is 11.7. The van der Waals surface area contributed by atoms with Crippen LogP contribution in [0.4, 0.5) is 5.69 Å². The third-order valence-electron chi connectivity index (χ3n) is 3.37. The Labute approximate surface area is 155 Å². The van der Waals surface area contributed by atoms with Gasteiger partial charge in [-0.3, -0.25) is 4.79 Å². The molecule has 1 atom stereocenters.